The molecule has 50 heavy (non-hydrogen) atoms. The lowest BCUT2D eigenvalue weighted by atomic mass is 9.97. The van der Waals surface area contributed by atoms with Crippen molar-refractivity contribution in [1.29, 1.82) is 0 Å². The number of rotatable bonds is 10. The number of hydrogen-bond donors (Lipinski definition) is 3. The van der Waals surface area contributed by atoms with Crippen molar-refractivity contribution < 1.29 is 38.7 Å². The van der Waals surface area contributed by atoms with E-state index in [1.54, 1.807) is 37.8 Å². The smallest absolute Gasteiger partial charge is 0.358 e. The average Bonchev–Trinajstić information content (AvgIpc) is 3.59. The Morgan fingerprint density at radius 2 is 1.62 bits per heavy atom. The number of nitrogens with one attached hydrogen (secondary N) is 2. The fourth-order valence-corrected chi connectivity index (χ4v) is 5.45. The highest BCUT2D eigenvalue weighted by molar-refractivity contribution is 6.42. The number of carbonyl (C=O) groups excluding carboxylic acids is 4. The van der Waals surface area contributed by atoms with Crippen LogP contribution >= 0.6 is 0 Å². The van der Waals surface area contributed by atoms with E-state index in [4.69, 9.17) is 9.57 Å². The number of hydrazine groups is 1. The number of carbonyl (C=O) groups is 5. The van der Waals surface area contributed by atoms with Gasteiger partial charge in [0.2, 0.25) is 12.5 Å². The third-order valence-electron chi connectivity index (χ3n) is 7.59. The zero-order valence-corrected chi connectivity index (χ0v) is 27.9. The fourth-order valence-electron chi connectivity index (χ4n) is 5.45. The first-order valence-corrected chi connectivity index (χ1v) is 16.0. The zero-order valence-electron chi connectivity index (χ0n) is 27.9. The van der Waals surface area contributed by atoms with Gasteiger partial charge in [0, 0.05) is 41.7 Å². The van der Waals surface area contributed by atoms with Crippen LogP contribution in [0.4, 0.5) is 21.0 Å². The highest BCUT2D eigenvalue weighted by Crippen LogP contribution is 2.35. The lowest BCUT2D eigenvalue weighted by Crippen LogP contribution is -2.52. The highest BCUT2D eigenvalue weighted by atomic mass is 16.7. The number of fused-ring (bicyclic) bond motifs is 1. The minimum Gasteiger partial charge on any atom is -0.476 e. The number of aliphatic carboxylic acids is 1. The molecule has 2 aliphatic heterocycles. The zero-order chi connectivity index (χ0) is 35.8. The Hall–Kier alpha value is -6.18. The minimum absolute atomic E-state index is 0.0682. The van der Waals surface area contributed by atoms with E-state index in [-0.39, 0.29) is 23.7 Å². The highest BCUT2D eigenvalue weighted by Gasteiger charge is 2.33. The Morgan fingerprint density at radius 3 is 2.32 bits per heavy atom. The van der Waals surface area contributed by atoms with Gasteiger partial charge in [0.15, 0.2) is 5.71 Å². The van der Waals surface area contributed by atoms with Gasteiger partial charge in [-0.25, -0.2) is 29.6 Å². The maximum atomic E-state index is 14.1. The Kier molecular flexibility index (Phi) is 10.8. The van der Waals surface area contributed by atoms with Crippen LogP contribution in [0.1, 0.15) is 50.3 Å². The first-order chi connectivity index (χ1) is 23.9. The summed E-state index contributed by atoms with van der Waals surface area (Å²) in [6, 6.07) is 20.8. The largest absolute Gasteiger partial charge is 0.476 e. The number of anilines is 2. The molecule has 14 nitrogen and oxygen atoms in total. The van der Waals surface area contributed by atoms with Crippen LogP contribution in [0, 0.1) is 0 Å². The number of benzene rings is 3. The van der Waals surface area contributed by atoms with Gasteiger partial charge in [0.25, 0.3) is 0 Å². The minimum atomic E-state index is -1.44. The molecule has 5 amide bonds. The summed E-state index contributed by atoms with van der Waals surface area (Å²) in [5, 5.41) is 17.0. The standard InChI is InChI=1S/C36H38N6O8/c1-36(2,3)50-31(44)23-49-39-32(33(45)46)25-14-11-15-26(20-25)37-34(47)38-42-21-28(24-12-5-4-6-13-24)27-16-7-8-17-29(27)41(35(42)48)22-30(43)40-18-9-10-19-40/h4-8,11-17,20-21H,9-10,18-19,22-23H2,1-3H3,(H,45,46)(H2,37,38,47). The monoisotopic (exact) mass is 682 g/mol. The van der Waals surface area contributed by atoms with Crippen molar-refractivity contribution in [2.45, 2.75) is 39.2 Å². The lowest BCUT2D eigenvalue weighted by molar-refractivity contribution is -0.160. The molecule has 0 bridgehead atoms. The predicted molar refractivity (Wildman–Crippen MR) is 185 cm³/mol. The molecule has 0 atom stereocenters. The summed E-state index contributed by atoms with van der Waals surface area (Å²) in [5.41, 5.74) is 4.12. The number of likely N-dealkylation sites (tertiary alicyclic amines) is 1. The van der Waals surface area contributed by atoms with Crippen molar-refractivity contribution in [3.63, 3.8) is 0 Å². The Bertz CT molecular complexity index is 1830. The number of nitrogens with zero attached hydrogens (tertiary/aromatic N) is 4. The number of carboxylic acid groups (broad SMARTS) is 1. The van der Waals surface area contributed by atoms with Crippen molar-refractivity contribution in [3.8, 4) is 0 Å². The number of ether oxygens (including phenoxy) is 1. The van der Waals surface area contributed by atoms with Gasteiger partial charge in [0.1, 0.15) is 12.1 Å². The summed E-state index contributed by atoms with van der Waals surface area (Å²) in [6.07, 6.45) is 3.29. The second kappa shape index (κ2) is 15.4. The van der Waals surface area contributed by atoms with Crippen molar-refractivity contribution in [3.05, 3.63) is 102 Å². The lowest BCUT2D eigenvalue weighted by Gasteiger charge is -2.28. The molecule has 0 radical (unpaired) electrons. The molecule has 2 heterocycles. The molecule has 0 unspecified atom stereocenters. The molecule has 0 aliphatic carbocycles. The van der Waals surface area contributed by atoms with Crippen molar-refractivity contribution in [2.24, 2.45) is 5.16 Å². The summed E-state index contributed by atoms with van der Waals surface area (Å²) in [5.74, 6) is -2.37. The fraction of sp³-hybridized carbons (Fsp3) is 0.278. The van der Waals surface area contributed by atoms with Crippen LogP contribution in [0.3, 0.4) is 0 Å². The number of carboxylic acids is 1. The molecule has 0 aromatic heterocycles. The molecule has 3 N–H and O–H groups in total. The summed E-state index contributed by atoms with van der Waals surface area (Å²) in [7, 11) is 0. The van der Waals surface area contributed by atoms with Crippen LogP contribution in [-0.4, -0.2) is 82.5 Å². The molecule has 2 aliphatic rings. The number of urea groups is 2. The van der Waals surface area contributed by atoms with Crippen molar-refractivity contribution >= 4 is 52.6 Å². The molecule has 1 saturated heterocycles. The molecule has 0 saturated carbocycles. The molecule has 3 aromatic rings. The van der Waals surface area contributed by atoms with E-state index in [0.29, 0.717) is 29.9 Å². The Morgan fingerprint density at radius 1 is 0.920 bits per heavy atom. The van der Waals surface area contributed by atoms with Crippen LogP contribution in [-0.2, 0) is 24.0 Å². The first kappa shape index (κ1) is 35.1. The van der Waals surface area contributed by atoms with E-state index in [0.717, 1.165) is 23.4 Å². The van der Waals surface area contributed by atoms with Crippen LogP contribution in [0.5, 0.6) is 0 Å². The maximum Gasteiger partial charge on any atom is 0.358 e. The van der Waals surface area contributed by atoms with Gasteiger partial charge in [-0.3, -0.25) is 9.69 Å². The quantitative estimate of drug-likeness (QED) is 0.155. The first-order valence-electron chi connectivity index (χ1n) is 16.0. The number of oxime groups is 1. The van der Waals surface area contributed by atoms with Gasteiger partial charge < -0.3 is 24.9 Å². The van der Waals surface area contributed by atoms with E-state index in [1.807, 2.05) is 42.5 Å². The SMILES string of the molecule is CC(C)(C)OC(=O)CON=C(C(=O)O)c1cccc(NC(=O)NN2C=C(c3ccccc3)c3ccccc3N(CC(=O)N3CCCC3)C2=O)c1. The van der Waals surface area contributed by atoms with Gasteiger partial charge in [0.05, 0.1) is 5.69 Å². The number of esters is 1. The third kappa shape index (κ3) is 8.83. The average molecular weight is 683 g/mol. The molecule has 1 fully saturated rings. The second-order valence-corrected chi connectivity index (χ2v) is 12.5. The number of hydrogen-bond acceptors (Lipinski definition) is 8. The molecule has 0 spiro atoms. The van der Waals surface area contributed by atoms with Gasteiger partial charge >= 0.3 is 24.0 Å². The van der Waals surface area contributed by atoms with E-state index >= 15 is 0 Å². The third-order valence-corrected chi connectivity index (χ3v) is 7.59. The van der Waals surface area contributed by atoms with Gasteiger partial charge in [-0.05, 0) is 57.4 Å². The van der Waals surface area contributed by atoms with Gasteiger partial charge in [-0.1, -0.05) is 65.8 Å². The van der Waals surface area contributed by atoms with E-state index < -0.39 is 41.9 Å². The van der Waals surface area contributed by atoms with Gasteiger partial charge in [-0.15, -0.1) is 0 Å². The molecular formula is C36H38N6O8. The summed E-state index contributed by atoms with van der Waals surface area (Å²) >= 11 is 0. The number of amides is 5. The predicted octanol–water partition coefficient (Wildman–Crippen LogP) is 4.82. The Balaban J connectivity index is 1.39. The Labute approximate surface area is 288 Å². The van der Waals surface area contributed by atoms with Gasteiger partial charge in [-0.2, -0.15) is 0 Å². The van der Waals surface area contributed by atoms with Crippen LogP contribution < -0.4 is 15.6 Å². The molecule has 260 valence electrons. The van der Waals surface area contributed by atoms with E-state index in [9.17, 15) is 29.1 Å². The van der Waals surface area contributed by atoms with Crippen LogP contribution in [0.2, 0.25) is 0 Å². The second-order valence-electron chi connectivity index (χ2n) is 12.5. The van der Waals surface area contributed by atoms with Crippen LogP contribution in [0.15, 0.2) is 90.2 Å². The molecule has 3 aromatic carbocycles. The molecule has 5 rings (SSSR count). The molecular weight excluding hydrogens is 644 g/mol. The number of para-hydroxylation sites is 1. The summed E-state index contributed by atoms with van der Waals surface area (Å²) in [6.45, 7) is 5.42. The summed E-state index contributed by atoms with van der Waals surface area (Å²) < 4.78 is 5.14. The van der Waals surface area contributed by atoms with Crippen molar-refractivity contribution in [2.75, 3.05) is 36.5 Å². The van der Waals surface area contributed by atoms with Crippen LogP contribution in [0.25, 0.3) is 5.57 Å². The summed E-state index contributed by atoms with van der Waals surface area (Å²) in [4.78, 5) is 72.8. The molecule has 14 heteroatoms. The normalized spacial score (nSPS) is 14.7. The topological polar surface area (TPSA) is 170 Å². The maximum absolute atomic E-state index is 14.1. The van der Waals surface area contributed by atoms with Crippen molar-refractivity contribution in [1.82, 2.24) is 15.3 Å². The van der Waals surface area contributed by atoms with E-state index in [1.165, 1.54) is 35.4 Å². The van der Waals surface area contributed by atoms with E-state index in [2.05, 4.69) is 15.9 Å².